The molecule has 0 fully saturated rings. The second kappa shape index (κ2) is 4.13. The first kappa shape index (κ1) is 9.65. The van der Waals surface area contributed by atoms with Crippen molar-refractivity contribution in [3.8, 4) is 17.2 Å². The lowest BCUT2D eigenvalue weighted by molar-refractivity contribution is -0.656. The van der Waals surface area contributed by atoms with Crippen LogP contribution in [0.25, 0.3) is 17.2 Å². The van der Waals surface area contributed by atoms with E-state index in [1.54, 1.807) is 24.9 Å². The van der Waals surface area contributed by atoms with Crippen molar-refractivity contribution in [3.63, 3.8) is 0 Å². The minimum Gasteiger partial charge on any atom is -0.261 e. The van der Waals surface area contributed by atoms with Gasteiger partial charge in [-0.2, -0.15) is 5.10 Å². The minimum absolute atomic E-state index is 0.696. The van der Waals surface area contributed by atoms with Crippen LogP contribution in [-0.2, 0) is 0 Å². The molecule has 0 amide bonds. The van der Waals surface area contributed by atoms with E-state index in [1.165, 1.54) is 0 Å². The largest absolute Gasteiger partial charge is 0.312 e. The number of hydrogen-bond acceptors (Lipinski definition) is 3. The van der Waals surface area contributed by atoms with E-state index in [-0.39, 0.29) is 0 Å². The predicted molar refractivity (Wildman–Crippen MR) is 61.1 cm³/mol. The molecule has 5 nitrogen and oxygen atoms in total. The summed E-state index contributed by atoms with van der Waals surface area (Å²) in [5.41, 5.74) is 1.75. The average Bonchev–Trinajstić information content (AvgIpc) is 2.90. The monoisotopic (exact) mass is 224 g/mol. The Morgan fingerprint density at radius 1 is 1.00 bits per heavy atom. The number of nitrogens with zero attached hydrogens (tertiary/aromatic N) is 4. The van der Waals surface area contributed by atoms with E-state index in [9.17, 15) is 0 Å². The SMILES string of the molecule is c1ccc(-[n+]2cnc(-c3cnccn3)[nH]2)cc1. The Kier molecular flexibility index (Phi) is 2.34. The first-order valence-corrected chi connectivity index (χ1v) is 5.22. The summed E-state index contributed by atoms with van der Waals surface area (Å²) in [4.78, 5) is 12.5. The molecule has 0 unspecified atom stereocenters. The van der Waals surface area contributed by atoms with E-state index in [1.807, 2.05) is 35.0 Å². The number of nitrogens with one attached hydrogen (secondary N) is 1. The summed E-state index contributed by atoms with van der Waals surface area (Å²) in [5, 5.41) is 3.15. The maximum atomic E-state index is 4.27. The predicted octanol–water partition coefficient (Wildman–Crippen LogP) is 1.14. The molecule has 3 aromatic rings. The molecule has 0 aliphatic heterocycles. The average molecular weight is 224 g/mol. The van der Waals surface area contributed by atoms with Gasteiger partial charge in [0.05, 0.1) is 6.20 Å². The molecule has 0 saturated carbocycles. The van der Waals surface area contributed by atoms with Crippen molar-refractivity contribution in [3.05, 3.63) is 55.2 Å². The molecule has 1 aromatic carbocycles. The highest BCUT2D eigenvalue weighted by atomic mass is 15.3. The number of aromatic nitrogens is 5. The smallest absolute Gasteiger partial charge is 0.261 e. The summed E-state index contributed by atoms with van der Waals surface area (Å²) in [6, 6.07) is 9.93. The molecule has 0 atom stereocenters. The number of para-hydroxylation sites is 1. The Balaban J connectivity index is 1.99. The number of H-pyrrole nitrogens is 1. The highest BCUT2D eigenvalue weighted by molar-refractivity contribution is 5.44. The molecule has 0 aliphatic rings. The first-order chi connectivity index (χ1) is 8.43. The van der Waals surface area contributed by atoms with Gasteiger partial charge in [0, 0.05) is 12.4 Å². The van der Waals surface area contributed by atoms with Gasteiger partial charge in [0.2, 0.25) is 0 Å². The Labute approximate surface area is 97.8 Å². The van der Waals surface area contributed by atoms with Crippen molar-refractivity contribution in [2.24, 2.45) is 0 Å². The van der Waals surface area contributed by atoms with Crippen molar-refractivity contribution >= 4 is 0 Å². The number of benzene rings is 1. The summed E-state index contributed by atoms with van der Waals surface area (Å²) >= 11 is 0. The van der Waals surface area contributed by atoms with Gasteiger partial charge in [0.25, 0.3) is 0 Å². The van der Waals surface area contributed by atoms with E-state index in [0.717, 1.165) is 11.4 Å². The third-order valence-corrected chi connectivity index (χ3v) is 2.37. The van der Waals surface area contributed by atoms with Crippen LogP contribution in [0.15, 0.2) is 55.2 Å². The van der Waals surface area contributed by atoms with Crippen molar-refractivity contribution in [1.82, 2.24) is 20.1 Å². The fourth-order valence-corrected chi connectivity index (χ4v) is 1.55. The van der Waals surface area contributed by atoms with Gasteiger partial charge in [0.15, 0.2) is 11.4 Å². The fourth-order valence-electron chi connectivity index (χ4n) is 1.55. The molecule has 0 bridgehead atoms. The van der Waals surface area contributed by atoms with E-state index in [2.05, 4.69) is 20.1 Å². The maximum Gasteiger partial charge on any atom is 0.312 e. The first-order valence-electron chi connectivity index (χ1n) is 5.22. The van der Waals surface area contributed by atoms with E-state index in [4.69, 9.17) is 0 Å². The van der Waals surface area contributed by atoms with Crippen LogP contribution in [0.2, 0.25) is 0 Å². The zero-order valence-electron chi connectivity index (χ0n) is 8.99. The molecule has 2 heterocycles. The third-order valence-electron chi connectivity index (χ3n) is 2.37. The second-order valence-electron chi connectivity index (χ2n) is 3.50. The number of aromatic amines is 1. The van der Waals surface area contributed by atoms with Crippen LogP contribution in [0.3, 0.4) is 0 Å². The summed E-state index contributed by atoms with van der Waals surface area (Å²) in [6.45, 7) is 0. The molecule has 5 heteroatoms. The highest BCUT2D eigenvalue weighted by Gasteiger charge is 2.13. The van der Waals surface area contributed by atoms with Gasteiger partial charge < -0.3 is 0 Å². The van der Waals surface area contributed by atoms with Gasteiger partial charge in [-0.05, 0) is 17.1 Å². The molecule has 1 N–H and O–H groups in total. The summed E-state index contributed by atoms with van der Waals surface area (Å²) in [7, 11) is 0. The van der Waals surface area contributed by atoms with Crippen molar-refractivity contribution in [2.75, 3.05) is 0 Å². The summed E-state index contributed by atoms with van der Waals surface area (Å²) < 4.78 is 1.84. The lowest BCUT2D eigenvalue weighted by atomic mass is 10.3. The van der Waals surface area contributed by atoms with Crippen LogP contribution in [0.4, 0.5) is 0 Å². The van der Waals surface area contributed by atoms with Crippen LogP contribution in [-0.4, -0.2) is 20.1 Å². The standard InChI is InChI=1S/C12H9N5/c1-2-4-10(5-3-1)17-9-15-12(16-17)11-8-13-6-7-14-11/h1-9H/p+1. The third kappa shape index (κ3) is 1.90. The van der Waals surface area contributed by atoms with Gasteiger partial charge in [-0.15, -0.1) is 4.68 Å². The van der Waals surface area contributed by atoms with E-state index >= 15 is 0 Å². The number of hydrogen-bond donors (Lipinski definition) is 1. The highest BCUT2D eigenvalue weighted by Crippen LogP contribution is 2.06. The van der Waals surface area contributed by atoms with Crippen molar-refractivity contribution in [1.29, 1.82) is 0 Å². The number of rotatable bonds is 2. The molecule has 0 radical (unpaired) electrons. The van der Waals surface area contributed by atoms with E-state index < -0.39 is 0 Å². The van der Waals surface area contributed by atoms with Gasteiger partial charge in [-0.3, -0.25) is 4.98 Å². The summed E-state index contributed by atoms with van der Waals surface area (Å²) in [5.74, 6) is 0.696. The van der Waals surface area contributed by atoms with Crippen molar-refractivity contribution in [2.45, 2.75) is 0 Å². The topological polar surface area (TPSA) is 58.3 Å². The summed E-state index contributed by atoms with van der Waals surface area (Å²) in [6.07, 6.45) is 6.68. The van der Waals surface area contributed by atoms with Crippen molar-refractivity contribution < 1.29 is 4.68 Å². The molecule has 0 saturated heterocycles. The molecule has 0 spiro atoms. The molecule has 0 aliphatic carbocycles. The molecule has 82 valence electrons. The zero-order valence-corrected chi connectivity index (χ0v) is 8.99. The van der Waals surface area contributed by atoms with Crippen LogP contribution >= 0.6 is 0 Å². The Morgan fingerprint density at radius 2 is 1.88 bits per heavy atom. The molecular formula is C12H10N5+. The molecular weight excluding hydrogens is 214 g/mol. The van der Waals surface area contributed by atoms with Gasteiger partial charge in [-0.1, -0.05) is 18.2 Å². The van der Waals surface area contributed by atoms with Gasteiger partial charge in [-0.25, -0.2) is 4.98 Å². The normalized spacial score (nSPS) is 10.4. The van der Waals surface area contributed by atoms with Gasteiger partial charge in [0.1, 0.15) is 0 Å². The quantitative estimate of drug-likeness (QED) is 0.664. The van der Waals surface area contributed by atoms with Crippen LogP contribution < -0.4 is 4.68 Å². The Morgan fingerprint density at radius 3 is 2.65 bits per heavy atom. The fraction of sp³-hybridized carbons (Fsp3) is 0. The lowest BCUT2D eigenvalue weighted by Gasteiger charge is -1.92. The molecule has 17 heavy (non-hydrogen) atoms. The Bertz CT molecular complexity index is 549. The molecule has 2 aromatic heterocycles. The van der Waals surface area contributed by atoms with Crippen LogP contribution in [0.5, 0.6) is 0 Å². The van der Waals surface area contributed by atoms with E-state index in [0.29, 0.717) is 5.82 Å². The van der Waals surface area contributed by atoms with Crippen LogP contribution in [0.1, 0.15) is 0 Å². The Hall–Kier alpha value is -2.56. The van der Waals surface area contributed by atoms with Gasteiger partial charge >= 0.3 is 12.2 Å². The maximum absolute atomic E-state index is 4.27. The minimum atomic E-state index is 0.696. The van der Waals surface area contributed by atoms with Crippen LogP contribution in [0, 0.1) is 0 Å². The second-order valence-corrected chi connectivity index (χ2v) is 3.50. The zero-order chi connectivity index (χ0) is 11.5. The lowest BCUT2D eigenvalue weighted by Crippen LogP contribution is -2.31. The molecule has 3 rings (SSSR count).